The molecule has 2 aromatic carbocycles. The molecule has 96 valence electrons. The number of fused-ring (bicyclic) bond motifs is 2. The van der Waals surface area contributed by atoms with E-state index in [1.54, 1.807) is 11.3 Å². The first kappa shape index (κ1) is 12.3. The molecule has 0 radical (unpaired) electrons. The Labute approximate surface area is 115 Å². The van der Waals surface area contributed by atoms with Crippen molar-refractivity contribution in [3.05, 3.63) is 58.3 Å². The Morgan fingerprint density at radius 2 is 1.84 bits per heavy atom. The van der Waals surface area contributed by atoms with Crippen LogP contribution < -0.4 is 10.7 Å². The van der Waals surface area contributed by atoms with Gasteiger partial charge in [-0.3, -0.25) is 4.79 Å². The third kappa shape index (κ3) is 2.27. The van der Waals surface area contributed by atoms with E-state index < -0.39 is 0 Å². The van der Waals surface area contributed by atoms with Crippen molar-refractivity contribution in [2.75, 3.05) is 6.54 Å². The first-order chi connectivity index (χ1) is 9.29. The monoisotopic (exact) mass is 269 g/mol. The molecule has 0 saturated heterocycles. The highest BCUT2D eigenvalue weighted by Gasteiger charge is 2.06. The fourth-order valence-corrected chi connectivity index (χ4v) is 3.28. The largest absolute Gasteiger partial charge is 0.313 e. The molecule has 0 spiro atoms. The van der Waals surface area contributed by atoms with Gasteiger partial charge in [-0.05, 0) is 36.4 Å². The molecule has 3 rings (SSSR count). The minimum Gasteiger partial charge on any atom is -0.313 e. The molecule has 1 heterocycles. The minimum absolute atomic E-state index is 0.141. The van der Waals surface area contributed by atoms with E-state index in [2.05, 4.69) is 24.4 Å². The summed E-state index contributed by atoms with van der Waals surface area (Å²) in [4.78, 5) is 12.5. The highest BCUT2D eigenvalue weighted by Crippen LogP contribution is 2.24. The van der Waals surface area contributed by atoms with Gasteiger partial charge < -0.3 is 5.32 Å². The normalized spacial score (nSPS) is 11.2. The topological polar surface area (TPSA) is 29.1 Å². The summed E-state index contributed by atoms with van der Waals surface area (Å²) in [5.41, 5.74) is 1.30. The molecule has 0 unspecified atom stereocenters. The Morgan fingerprint density at radius 1 is 1.05 bits per heavy atom. The van der Waals surface area contributed by atoms with Crippen molar-refractivity contribution in [3.8, 4) is 0 Å². The lowest BCUT2D eigenvalue weighted by Crippen LogP contribution is -2.12. The maximum atomic E-state index is 12.5. The Morgan fingerprint density at radius 3 is 2.68 bits per heavy atom. The van der Waals surface area contributed by atoms with Crippen LogP contribution in [-0.4, -0.2) is 6.54 Å². The van der Waals surface area contributed by atoms with Crippen LogP contribution in [0.4, 0.5) is 0 Å². The molecule has 1 aromatic heterocycles. The zero-order chi connectivity index (χ0) is 13.2. The van der Waals surface area contributed by atoms with Crippen LogP contribution >= 0.6 is 11.3 Å². The van der Waals surface area contributed by atoms with Gasteiger partial charge in [0.2, 0.25) is 0 Å². The van der Waals surface area contributed by atoms with E-state index in [1.165, 1.54) is 0 Å². The van der Waals surface area contributed by atoms with Crippen LogP contribution in [0.5, 0.6) is 0 Å². The van der Waals surface area contributed by atoms with Crippen LogP contribution in [0.1, 0.15) is 12.5 Å². The van der Waals surface area contributed by atoms with E-state index in [-0.39, 0.29) is 5.43 Å². The van der Waals surface area contributed by atoms with Crippen LogP contribution in [0, 0.1) is 0 Å². The third-order valence-corrected chi connectivity index (χ3v) is 4.37. The number of rotatable bonds is 3. The zero-order valence-corrected chi connectivity index (χ0v) is 11.6. The average Bonchev–Trinajstić information content (AvgIpc) is 2.46. The second-order valence-electron chi connectivity index (χ2n) is 4.54. The van der Waals surface area contributed by atoms with Gasteiger partial charge in [-0.1, -0.05) is 25.1 Å². The lowest BCUT2D eigenvalue weighted by molar-refractivity contribution is 0.727. The molecule has 0 amide bonds. The second-order valence-corrected chi connectivity index (χ2v) is 5.62. The van der Waals surface area contributed by atoms with E-state index >= 15 is 0 Å². The molecule has 2 nitrogen and oxygen atoms in total. The summed E-state index contributed by atoms with van der Waals surface area (Å²) in [5.74, 6) is 0. The molecule has 0 saturated carbocycles. The van der Waals surface area contributed by atoms with E-state index in [4.69, 9.17) is 0 Å². The molecule has 0 aliphatic heterocycles. The van der Waals surface area contributed by atoms with Crippen LogP contribution in [-0.2, 0) is 6.54 Å². The quantitative estimate of drug-likeness (QED) is 0.737. The van der Waals surface area contributed by atoms with Gasteiger partial charge in [0.25, 0.3) is 0 Å². The summed E-state index contributed by atoms with van der Waals surface area (Å²) >= 11 is 1.68. The Bertz CT molecular complexity index is 791. The predicted molar refractivity (Wildman–Crippen MR) is 83.0 cm³/mol. The molecule has 0 fully saturated rings. The molecule has 0 aliphatic carbocycles. The first-order valence-electron chi connectivity index (χ1n) is 6.45. The van der Waals surface area contributed by atoms with Gasteiger partial charge in [0, 0.05) is 26.7 Å². The molecule has 0 aliphatic rings. The molecular formula is C16H15NOS. The lowest BCUT2D eigenvalue weighted by atomic mass is 10.1. The fraction of sp³-hybridized carbons (Fsp3) is 0.188. The van der Waals surface area contributed by atoms with Crippen molar-refractivity contribution in [1.29, 1.82) is 0 Å². The van der Waals surface area contributed by atoms with Crippen molar-refractivity contribution in [3.63, 3.8) is 0 Å². The standard InChI is InChI=1S/C16H15NOS/c1-2-17-10-11-7-8-15-13(9-11)16(18)12-5-3-4-6-14(12)19-15/h3-9,17H,2,10H2,1H3. The van der Waals surface area contributed by atoms with Crippen LogP contribution in [0.3, 0.4) is 0 Å². The summed E-state index contributed by atoms with van der Waals surface area (Å²) < 4.78 is 2.11. The van der Waals surface area contributed by atoms with Gasteiger partial charge in [0.1, 0.15) is 0 Å². The predicted octanol–water partition coefficient (Wildman–Crippen LogP) is 3.52. The summed E-state index contributed by atoms with van der Waals surface area (Å²) in [6.07, 6.45) is 0. The first-order valence-corrected chi connectivity index (χ1v) is 7.26. The Kier molecular flexibility index (Phi) is 3.32. The van der Waals surface area contributed by atoms with E-state index in [9.17, 15) is 4.79 Å². The van der Waals surface area contributed by atoms with Crippen molar-refractivity contribution in [2.24, 2.45) is 0 Å². The molecule has 0 atom stereocenters. The fourth-order valence-electron chi connectivity index (χ4n) is 2.23. The molecule has 1 N–H and O–H groups in total. The SMILES string of the molecule is CCNCc1ccc2sc3ccccc3c(=O)c2c1. The van der Waals surface area contributed by atoms with Crippen LogP contribution in [0.2, 0.25) is 0 Å². The van der Waals surface area contributed by atoms with Gasteiger partial charge >= 0.3 is 0 Å². The third-order valence-electron chi connectivity index (χ3n) is 3.22. The Hall–Kier alpha value is -1.71. The molecule has 3 heteroatoms. The van der Waals surface area contributed by atoms with Gasteiger partial charge in [-0.25, -0.2) is 0 Å². The number of nitrogens with one attached hydrogen (secondary N) is 1. The Balaban J connectivity index is 2.24. The summed E-state index contributed by atoms with van der Waals surface area (Å²) in [6.45, 7) is 3.82. The van der Waals surface area contributed by atoms with Gasteiger partial charge in [-0.2, -0.15) is 0 Å². The molecule has 3 aromatic rings. The highest BCUT2D eigenvalue weighted by molar-refractivity contribution is 7.24. The number of benzene rings is 2. The molecule has 0 bridgehead atoms. The van der Waals surface area contributed by atoms with Crippen LogP contribution in [0.25, 0.3) is 20.2 Å². The average molecular weight is 269 g/mol. The molecular weight excluding hydrogens is 254 g/mol. The number of hydrogen-bond donors (Lipinski definition) is 1. The van der Waals surface area contributed by atoms with Crippen molar-refractivity contribution in [2.45, 2.75) is 13.5 Å². The highest BCUT2D eigenvalue weighted by atomic mass is 32.1. The smallest absolute Gasteiger partial charge is 0.195 e. The lowest BCUT2D eigenvalue weighted by Gasteiger charge is -2.05. The zero-order valence-electron chi connectivity index (χ0n) is 10.8. The second kappa shape index (κ2) is 5.11. The van der Waals surface area contributed by atoms with Gasteiger partial charge in [-0.15, -0.1) is 11.3 Å². The summed E-state index contributed by atoms with van der Waals surface area (Å²) in [7, 11) is 0. The summed E-state index contributed by atoms with van der Waals surface area (Å²) in [5, 5.41) is 4.94. The van der Waals surface area contributed by atoms with Crippen molar-refractivity contribution >= 4 is 31.5 Å². The maximum absolute atomic E-state index is 12.5. The molecule has 19 heavy (non-hydrogen) atoms. The van der Waals surface area contributed by atoms with Crippen LogP contribution in [0.15, 0.2) is 47.3 Å². The maximum Gasteiger partial charge on any atom is 0.195 e. The van der Waals surface area contributed by atoms with Crippen molar-refractivity contribution < 1.29 is 0 Å². The van der Waals surface area contributed by atoms with Crippen molar-refractivity contribution in [1.82, 2.24) is 5.32 Å². The number of hydrogen-bond acceptors (Lipinski definition) is 3. The summed E-state index contributed by atoms with van der Waals surface area (Å²) in [6, 6.07) is 14.0. The van der Waals surface area contributed by atoms with Gasteiger partial charge in [0.15, 0.2) is 5.43 Å². The van der Waals surface area contributed by atoms with E-state index in [0.717, 1.165) is 38.8 Å². The van der Waals surface area contributed by atoms with E-state index in [1.807, 2.05) is 30.3 Å². The van der Waals surface area contributed by atoms with E-state index in [0.29, 0.717) is 0 Å². The van der Waals surface area contributed by atoms with Gasteiger partial charge in [0.05, 0.1) is 0 Å². The minimum atomic E-state index is 0.141.